The molecule has 0 heterocycles. The maximum atomic E-state index is 6.19. The van der Waals surface area contributed by atoms with Crippen molar-refractivity contribution in [3.05, 3.63) is 11.7 Å². The predicted octanol–water partition coefficient (Wildman–Crippen LogP) is 10.8. The van der Waals surface area contributed by atoms with Crippen LogP contribution in [-0.4, -0.2) is 26.6 Å². The molecule has 0 aromatic rings. The number of allylic oxidation sites excluding steroid dienone is 1. The van der Waals surface area contributed by atoms with E-state index in [0.29, 0.717) is 12.6 Å². The summed E-state index contributed by atoms with van der Waals surface area (Å²) in [5.41, 5.74) is 0. The van der Waals surface area contributed by atoms with E-state index in [-0.39, 0.29) is 6.79 Å². The van der Waals surface area contributed by atoms with Crippen molar-refractivity contribution in [2.45, 2.75) is 169 Å². The van der Waals surface area contributed by atoms with E-state index in [9.17, 15) is 0 Å². The molecule has 36 heavy (non-hydrogen) atoms. The SMILES string of the molecule is CCCCCCCCCCOCOC(OCCCCCCCC)=C(CCC)OCCCCCCCC. The van der Waals surface area contributed by atoms with Crippen molar-refractivity contribution in [3.8, 4) is 0 Å². The van der Waals surface area contributed by atoms with Crippen LogP contribution in [0.3, 0.4) is 0 Å². The number of unbranched alkanes of at least 4 members (excludes halogenated alkanes) is 17. The fourth-order valence-electron chi connectivity index (χ4n) is 4.28. The zero-order chi connectivity index (χ0) is 26.4. The molecular formula is C32H64O4. The van der Waals surface area contributed by atoms with Gasteiger partial charge in [-0.15, -0.1) is 0 Å². The van der Waals surface area contributed by atoms with Crippen molar-refractivity contribution < 1.29 is 18.9 Å². The van der Waals surface area contributed by atoms with Crippen LogP contribution in [0, 0.1) is 0 Å². The van der Waals surface area contributed by atoms with E-state index in [2.05, 4.69) is 27.7 Å². The molecule has 0 spiro atoms. The van der Waals surface area contributed by atoms with Gasteiger partial charge in [-0.05, 0) is 25.7 Å². The van der Waals surface area contributed by atoms with Gasteiger partial charge < -0.3 is 18.9 Å². The lowest BCUT2D eigenvalue weighted by molar-refractivity contribution is -0.0845. The Kier molecular flexibility index (Phi) is 29.6. The molecule has 0 aliphatic heterocycles. The molecular weight excluding hydrogens is 448 g/mol. The van der Waals surface area contributed by atoms with Gasteiger partial charge in [-0.3, -0.25) is 0 Å². The quantitative estimate of drug-likeness (QED) is 0.0544. The Morgan fingerprint density at radius 2 is 0.806 bits per heavy atom. The normalized spacial score (nSPS) is 12.0. The van der Waals surface area contributed by atoms with Gasteiger partial charge in [0.25, 0.3) is 0 Å². The highest BCUT2D eigenvalue weighted by Crippen LogP contribution is 2.18. The molecule has 0 aromatic carbocycles. The Bertz CT molecular complexity index is 449. The van der Waals surface area contributed by atoms with Crippen LogP contribution in [0.15, 0.2) is 11.7 Å². The van der Waals surface area contributed by atoms with Crippen LogP contribution in [-0.2, 0) is 18.9 Å². The molecule has 0 N–H and O–H groups in total. The maximum Gasteiger partial charge on any atom is 0.321 e. The summed E-state index contributed by atoms with van der Waals surface area (Å²) in [6.07, 6.45) is 27.4. The Balaban J connectivity index is 4.41. The maximum absolute atomic E-state index is 6.19. The van der Waals surface area contributed by atoms with Gasteiger partial charge in [-0.1, -0.05) is 137 Å². The van der Waals surface area contributed by atoms with E-state index >= 15 is 0 Å². The zero-order valence-electron chi connectivity index (χ0n) is 25.0. The lowest BCUT2D eigenvalue weighted by Crippen LogP contribution is -2.10. The van der Waals surface area contributed by atoms with Crippen molar-refractivity contribution in [3.63, 3.8) is 0 Å². The summed E-state index contributed by atoms with van der Waals surface area (Å²) in [7, 11) is 0. The van der Waals surface area contributed by atoms with E-state index in [0.717, 1.165) is 51.1 Å². The average Bonchev–Trinajstić information content (AvgIpc) is 2.89. The smallest absolute Gasteiger partial charge is 0.321 e. The summed E-state index contributed by atoms with van der Waals surface area (Å²) < 4.78 is 24.1. The van der Waals surface area contributed by atoms with Crippen molar-refractivity contribution in [2.24, 2.45) is 0 Å². The van der Waals surface area contributed by atoms with Crippen molar-refractivity contribution in [1.29, 1.82) is 0 Å². The van der Waals surface area contributed by atoms with Gasteiger partial charge >= 0.3 is 5.95 Å². The van der Waals surface area contributed by atoms with Gasteiger partial charge in [0.15, 0.2) is 12.6 Å². The number of hydrogen-bond acceptors (Lipinski definition) is 4. The molecule has 0 unspecified atom stereocenters. The standard InChI is InChI=1S/C32H64O4/c1-5-9-12-15-18-19-20-23-27-33-30-36-32(35-29-25-22-17-14-11-7-3)31(26-8-4)34-28-24-21-16-13-10-6-2/h5-30H2,1-4H3. The van der Waals surface area contributed by atoms with Crippen molar-refractivity contribution >= 4 is 0 Å². The number of ether oxygens (including phenoxy) is 4. The molecule has 0 fully saturated rings. The largest absolute Gasteiger partial charge is 0.491 e. The molecule has 0 aliphatic rings. The van der Waals surface area contributed by atoms with E-state index < -0.39 is 0 Å². The van der Waals surface area contributed by atoms with Gasteiger partial charge in [0.2, 0.25) is 0 Å². The summed E-state index contributed by atoms with van der Waals surface area (Å²) in [5.74, 6) is 1.43. The van der Waals surface area contributed by atoms with Crippen LogP contribution in [0.2, 0.25) is 0 Å². The molecule has 0 atom stereocenters. The second kappa shape index (κ2) is 30.3. The predicted molar refractivity (Wildman–Crippen MR) is 155 cm³/mol. The summed E-state index contributed by atoms with van der Waals surface area (Å²) in [4.78, 5) is 0. The minimum absolute atomic E-state index is 0.246. The van der Waals surface area contributed by atoms with Crippen molar-refractivity contribution in [1.82, 2.24) is 0 Å². The zero-order valence-corrected chi connectivity index (χ0v) is 25.0. The molecule has 0 rings (SSSR count). The Labute approximate surface area is 226 Å². The first-order valence-electron chi connectivity index (χ1n) is 16.0. The van der Waals surface area contributed by atoms with Gasteiger partial charge in [0.1, 0.15) is 0 Å². The van der Waals surface area contributed by atoms with Gasteiger partial charge in [0.05, 0.1) is 19.8 Å². The minimum Gasteiger partial charge on any atom is -0.491 e. The lowest BCUT2D eigenvalue weighted by atomic mass is 10.1. The number of hydrogen-bond donors (Lipinski definition) is 0. The Hall–Kier alpha value is -0.900. The van der Waals surface area contributed by atoms with Gasteiger partial charge in [-0.2, -0.15) is 0 Å². The third-order valence-corrected chi connectivity index (χ3v) is 6.63. The van der Waals surface area contributed by atoms with Crippen LogP contribution in [0.25, 0.3) is 0 Å². The fraction of sp³-hybridized carbons (Fsp3) is 0.938. The third-order valence-electron chi connectivity index (χ3n) is 6.63. The first-order valence-corrected chi connectivity index (χ1v) is 16.0. The topological polar surface area (TPSA) is 36.9 Å². The average molecular weight is 513 g/mol. The van der Waals surface area contributed by atoms with Gasteiger partial charge in [0, 0.05) is 6.42 Å². The molecule has 0 aliphatic carbocycles. The highest BCUT2D eigenvalue weighted by molar-refractivity contribution is 4.95. The van der Waals surface area contributed by atoms with Gasteiger partial charge in [-0.25, -0.2) is 0 Å². The molecule has 0 saturated heterocycles. The summed E-state index contributed by atoms with van der Waals surface area (Å²) in [6, 6.07) is 0. The van der Waals surface area contributed by atoms with Crippen LogP contribution in [0.4, 0.5) is 0 Å². The molecule has 0 radical (unpaired) electrons. The second-order valence-electron chi connectivity index (χ2n) is 10.3. The molecule has 4 heteroatoms. The van der Waals surface area contributed by atoms with E-state index in [1.807, 2.05) is 0 Å². The van der Waals surface area contributed by atoms with Crippen LogP contribution < -0.4 is 0 Å². The van der Waals surface area contributed by atoms with E-state index in [4.69, 9.17) is 18.9 Å². The lowest BCUT2D eigenvalue weighted by Gasteiger charge is -2.18. The van der Waals surface area contributed by atoms with E-state index in [1.54, 1.807) is 0 Å². The monoisotopic (exact) mass is 512 g/mol. The van der Waals surface area contributed by atoms with E-state index in [1.165, 1.54) is 109 Å². The highest BCUT2D eigenvalue weighted by Gasteiger charge is 2.12. The van der Waals surface area contributed by atoms with Crippen LogP contribution in [0.1, 0.15) is 169 Å². The molecule has 216 valence electrons. The summed E-state index contributed by atoms with van der Waals surface area (Å²) in [6.45, 7) is 11.4. The van der Waals surface area contributed by atoms with Crippen molar-refractivity contribution in [2.75, 3.05) is 26.6 Å². The van der Waals surface area contributed by atoms with Crippen LogP contribution in [0.5, 0.6) is 0 Å². The summed E-state index contributed by atoms with van der Waals surface area (Å²) >= 11 is 0. The highest BCUT2D eigenvalue weighted by atomic mass is 16.7. The molecule has 0 aromatic heterocycles. The Morgan fingerprint density at radius 3 is 1.28 bits per heavy atom. The minimum atomic E-state index is 0.246. The molecule has 4 nitrogen and oxygen atoms in total. The first-order chi connectivity index (χ1) is 17.8. The number of rotatable bonds is 30. The summed E-state index contributed by atoms with van der Waals surface area (Å²) in [5, 5.41) is 0. The van der Waals surface area contributed by atoms with Crippen LogP contribution >= 0.6 is 0 Å². The molecule has 0 amide bonds. The Morgan fingerprint density at radius 1 is 0.389 bits per heavy atom. The molecule has 0 saturated carbocycles. The second-order valence-corrected chi connectivity index (χ2v) is 10.3. The third kappa shape index (κ3) is 24.8. The fourth-order valence-corrected chi connectivity index (χ4v) is 4.28. The molecule has 0 bridgehead atoms. The first kappa shape index (κ1) is 35.1.